The predicted molar refractivity (Wildman–Crippen MR) is 82.4 cm³/mol. The molecule has 22 heavy (non-hydrogen) atoms. The molecule has 0 saturated heterocycles. The average Bonchev–Trinajstić information content (AvgIpc) is 3.22. The SMILES string of the molecule is CC(C)(C)OC(=O)NC(CCOc1ccc(F)cc1)C1CC1. The second-order valence-electron chi connectivity index (χ2n) is 6.68. The first-order valence-electron chi connectivity index (χ1n) is 7.71. The molecule has 1 unspecified atom stereocenters. The van der Waals surface area contributed by atoms with Crippen LogP contribution in [0.2, 0.25) is 0 Å². The first kappa shape index (κ1) is 16.6. The Labute approximate surface area is 131 Å². The van der Waals surface area contributed by atoms with Crippen LogP contribution < -0.4 is 10.1 Å². The third-order valence-corrected chi connectivity index (χ3v) is 3.40. The fourth-order valence-corrected chi connectivity index (χ4v) is 2.22. The molecule has 0 radical (unpaired) electrons. The van der Waals surface area contributed by atoms with Gasteiger partial charge in [0.2, 0.25) is 0 Å². The number of benzene rings is 1. The van der Waals surface area contributed by atoms with Gasteiger partial charge in [-0.3, -0.25) is 0 Å². The summed E-state index contributed by atoms with van der Waals surface area (Å²) in [7, 11) is 0. The largest absolute Gasteiger partial charge is 0.494 e. The van der Waals surface area contributed by atoms with Crippen LogP contribution in [-0.4, -0.2) is 24.3 Å². The molecule has 1 fully saturated rings. The lowest BCUT2D eigenvalue weighted by Crippen LogP contribution is -2.41. The van der Waals surface area contributed by atoms with Crippen LogP contribution >= 0.6 is 0 Å². The molecule has 122 valence electrons. The van der Waals surface area contributed by atoms with E-state index in [2.05, 4.69) is 5.32 Å². The highest BCUT2D eigenvalue weighted by atomic mass is 19.1. The molecule has 1 aliphatic carbocycles. The minimum Gasteiger partial charge on any atom is -0.494 e. The average molecular weight is 309 g/mol. The summed E-state index contributed by atoms with van der Waals surface area (Å²) in [5, 5.41) is 2.93. The number of rotatable bonds is 6. The van der Waals surface area contributed by atoms with E-state index in [4.69, 9.17) is 9.47 Å². The van der Waals surface area contributed by atoms with Crippen molar-refractivity contribution in [2.75, 3.05) is 6.61 Å². The molecule has 1 aliphatic rings. The van der Waals surface area contributed by atoms with Gasteiger partial charge in [0.05, 0.1) is 6.61 Å². The van der Waals surface area contributed by atoms with Gasteiger partial charge in [-0.05, 0) is 63.8 Å². The number of alkyl carbamates (subject to hydrolysis) is 1. The highest BCUT2D eigenvalue weighted by Crippen LogP contribution is 2.34. The predicted octanol–water partition coefficient (Wildman–Crippen LogP) is 3.90. The van der Waals surface area contributed by atoms with Crippen molar-refractivity contribution in [3.8, 4) is 5.75 Å². The number of halogens is 1. The third kappa shape index (κ3) is 5.92. The molecule has 5 heteroatoms. The van der Waals surface area contributed by atoms with E-state index in [1.165, 1.54) is 12.1 Å². The van der Waals surface area contributed by atoms with Gasteiger partial charge >= 0.3 is 6.09 Å². The Kier molecular flexibility index (Phi) is 5.27. The fourth-order valence-electron chi connectivity index (χ4n) is 2.22. The highest BCUT2D eigenvalue weighted by Gasteiger charge is 2.33. The number of carbonyl (C=O) groups is 1. The van der Waals surface area contributed by atoms with E-state index in [1.807, 2.05) is 20.8 Å². The van der Waals surface area contributed by atoms with Crippen molar-refractivity contribution in [3.05, 3.63) is 30.1 Å². The molecular formula is C17H24FNO3. The third-order valence-electron chi connectivity index (χ3n) is 3.40. The Hall–Kier alpha value is -1.78. The first-order valence-corrected chi connectivity index (χ1v) is 7.71. The Morgan fingerprint density at radius 1 is 1.32 bits per heavy atom. The van der Waals surface area contributed by atoms with Crippen molar-refractivity contribution in [2.45, 2.75) is 51.7 Å². The summed E-state index contributed by atoms with van der Waals surface area (Å²) in [5.74, 6) is 0.854. The molecule has 0 bridgehead atoms. The van der Waals surface area contributed by atoms with Crippen LogP contribution in [0.5, 0.6) is 5.75 Å². The van der Waals surface area contributed by atoms with Crippen LogP contribution in [0, 0.1) is 11.7 Å². The van der Waals surface area contributed by atoms with Gasteiger partial charge in [-0.2, -0.15) is 0 Å². The molecule has 4 nitrogen and oxygen atoms in total. The number of hydrogen-bond acceptors (Lipinski definition) is 3. The zero-order valence-corrected chi connectivity index (χ0v) is 13.4. The van der Waals surface area contributed by atoms with Gasteiger partial charge in [0.25, 0.3) is 0 Å². The van der Waals surface area contributed by atoms with Crippen molar-refractivity contribution in [2.24, 2.45) is 5.92 Å². The van der Waals surface area contributed by atoms with E-state index in [9.17, 15) is 9.18 Å². The van der Waals surface area contributed by atoms with Crippen LogP contribution in [-0.2, 0) is 4.74 Å². The monoisotopic (exact) mass is 309 g/mol. The standard InChI is InChI=1S/C17H24FNO3/c1-17(2,3)22-16(20)19-15(12-4-5-12)10-11-21-14-8-6-13(18)7-9-14/h6-9,12,15H,4-5,10-11H2,1-3H3,(H,19,20). The molecule has 0 heterocycles. The van der Waals surface area contributed by atoms with Crippen LogP contribution in [0.3, 0.4) is 0 Å². The Balaban J connectivity index is 1.77. The fraction of sp³-hybridized carbons (Fsp3) is 0.588. The van der Waals surface area contributed by atoms with Crippen molar-refractivity contribution in [3.63, 3.8) is 0 Å². The van der Waals surface area contributed by atoms with E-state index < -0.39 is 5.60 Å². The molecule has 1 aromatic rings. The molecule has 0 aromatic heterocycles. The normalized spacial score (nSPS) is 16.0. The molecule has 0 spiro atoms. The molecule has 2 rings (SSSR count). The maximum Gasteiger partial charge on any atom is 0.407 e. The molecule has 1 amide bonds. The number of carbonyl (C=O) groups excluding carboxylic acids is 1. The van der Waals surface area contributed by atoms with Gasteiger partial charge < -0.3 is 14.8 Å². The van der Waals surface area contributed by atoms with Gasteiger partial charge in [-0.25, -0.2) is 9.18 Å². The molecule has 1 saturated carbocycles. The lowest BCUT2D eigenvalue weighted by Gasteiger charge is -2.23. The summed E-state index contributed by atoms with van der Waals surface area (Å²) in [5.41, 5.74) is -0.497. The summed E-state index contributed by atoms with van der Waals surface area (Å²) in [6.45, 7) is 6.01. The summed E-state index contributed by atoms with van der Waals surface area (Å²) in [6.07, 6.45) is 2.57. The molecular weight excluding hydrogens is 285 g/mol. The van der Waals surface area contributed by atoms with E-state index >= 15 is 0 Å². The second-order valence-corrected chi connectivity index (χ2v) is 6.68. The zero-order valence-electron chi connectivity index (χ0n) is 13.4. The summed E-state index contributed by atoms with van der Waals surface area (Å²) < 4.78 is 23.7. The molecule has 0 aliphatic heterocycles. The number of amides is 1. The number of ether oxygens (including phenoxy) is 2. The van der Waals surface area contributed by atoms with Crippen LogP contribution in [0.25, 0.3) is 0 Å². The van der Waals surface area contributed by atoms with E-state index in [1.54, 1.807) is 12.1 Å². The lowest BCUT2D eigenvalue weighted by molar-refractivity contribution is 0.0491. The maximum atomic E-state index is 12.8. The first-order chi connectivity index (χ1) is 10.3. The summed E-state index contributed by atoms with van der Waals surface area (Å²) in [4.78, 5) is 11.9. The maximum absolute atomic E-state index is 12.8. The molecule has 1 atom stereocenters. The van der Waals surface area contributed by atoms with Crippen LogP contribution in [0.1, 0.15) is 40.0 Å². The Morgan fingerprint density at radius 3 is 2.50 bits per heavy atom. The van der Waals surface area contributed by atoms with Gasteiger partial charge in [0.15, 0.2) is 0 Å². The summed E-state index contributed by atoms with van der Waals surface area (Å²) >= 11 is 0. The van der Waals surface area contributed by atoms with Crippen molar-refractivity contribution in [1.29, 1.82) is 0 Å². The topological polar surface area (TPSA) is 47.6 Å². The zero-order chi connectivity index (χ0) is 16.2. The van der Waals surface area contributed by atoms with Gasteiger partial charge in [0.1, 0.15) is 17.2 Å². The van der Waals surface area contributed by atoms with Gasteiger partial charge in [-0.1, -0.05) is 0 Å². The van der Waals surface area contributed by atoms with Gasteiger partial charge in [-0.15, -0.1) is 0 Å². The lowest BCUT2D eigenvalue weighted by atomic mass is 10.1. The van der Waals surface area contributed by atoms with Crippen LogP contribution in [0.15, 0.2) is 24.3 Å². The minimum absolute atomic E-state index is 0.0651. The molecule has 1 aromatic carbocycles. The van der Waals surface area contributed by atoms with E-state index in [0.717, 1.165) is 12.8 Å². The second kappa shape index (κ2) is 6.99. The number of nitrogens with one attached hydrogen (secondary N) is 1. The van der Waals surface area contributed by atoms with Gasteiger partial charge in [0, 0.05) is 12.5 Å². The quantitative estimate of drug-likeness (QED) is 0.867. The van der Waals surface area contributed by atoms with Crippen molar-refractivity contribution < 1.29 is 18.7 Å². The summed E-state index contributed by atoms with van der Waals surface area (Å²) in [6, 6.07) is 6.00. The van der Waals surface area contributed by atoms with E-state index in [0.29, 0.717) is 24.7 Å². The number of hydrogen-bond donors (Lipinski definition) is 1. The van der Waals surface area contributed by atoms with Crippen molar-refractivity contribution in [1.82, 2.24) is 5.32 Å². The minimum atomic E-state index is -0.497. The molecule has 1 N–H and O–H groups in total. The highest BCUT2D eigenvalue weighted by molar-refractivity contribution is 5.68. The van der Waals surface area contributed by atoms with Crippen LogP contribution in [0.4, 0.5) is 9.18 Å². The van der Waals surface area contributed by atoms with E-state index in [-0.39, 0.29) is 18.0 Å². The smallest absolute Gasteiger partial charge is 0.407 e. The Morgan fingerprint density at radius 2 is 1.95 bits per heavy atom. The Bertz CT molecular complexity index is 492. The van der Waals surface area contributed by atoms with Crippen molar-refractivity contribution >= 4 is 6.09 Å².